The number of carbonyl (C=O) groups is 2. The molecule has 4 heterocycles. The maximum Gasteiger partial charge on any atom is 0.261 e. The summed E-state index contributed by atoms with van der Waals surface area (Å²) >= 11 is 3.37. The topological polar surface area (TPSA) is 40.6 Å². The first-order valence-corrected chi connectivity index (χ1v) is 42.7. The lowest BCUT2D eigenvalue weighted by Gasteiger charge is -2.29. The zero-order chi connectivity index (χ0) is 57.9. The molecular weight excluding hydrogens is 1050 g/mol. The lowest BCUT2D eigenvalue weighted by atomic mass is 9.93. The van der Waals surface area contributed by atoms with Gasteiger partial charge in [0.2, 0.25) is 0 Å². The van der Waals surface area contributed by atoms with Crippen LogP contribution in [0.25, 0.3) is 11.4 Å². The molecule has 2 aromatic rings. The van der Waals surface area contributed by atoms with Crippen LogP contribution in [0.3, 0.4) is 0 Å². The van der Waals surface area contributed by atoms with E-state index >= 15 is 9.59 Å². The Balaban J connectivity index is 1.74. The monoisotopic (exact) mass is 1160 g/mol. The van der Waals surface area contributed by atoms with Gasteiger partial charge < -0.3 is 9.80 Å². The molecule has 0 spiro atoms. The Morgan fingerprint density at radius 1 is 0.362 bits per heavy atom. The molecule has 8 heteroatoms. The van der Waals surface area contributed by atoms with E-state index in [1.165, 1.54) is 231 Å². The second kappa shape index (κ2) is 40.6. The molecule has 0 aromatic carbocycles. The van der Waals surface area contributed by atoms with E-state index in [0.29, 0.717) is 36.1 Å². The van der Waals surface area contributed by atoms with Crippen LogP contribution < -0.4 is 0 Å². The molecule has 0 saturated carbocycles. The van der Waals surface area contributed by atoms with Gasteiger partial charge in [-0.2, -0.15) is 0 Å². The van der Waals surface area contributed by atoms with Crippen LogP contribution in [0.4, 0.5) is 0 Å². The van der Waals surface area contributed by atoms with Crippen molar-refractivity contribution in [2.45, 2.75) is 324 Å². The van der Waals surface area contributed by atoms with E-state index < -0.39 is 16.1 Å². The van der Waals surface area contributed by atoms with E-state index in [-0.39, 0.29) is 11.8 Å². The van der Waals surface area contributed by atoms with Gasteiger partial charge in [0.25, 0.3) is 11.8 Å². The zero-order valence-corrected chi connectivity index (χ0v) is 57.3. The van der Waals surface area contributed by atoms with Gasteiger partial charge in [-0.1, -0.05) is 310 Å². The number of hydrogen-bond donors (Lipinski definition) is 0. The molecule has 2 unspecified atom stereocenters. The van der Waals surface area contributed by atoms with E-state index in [1.54, 1.807) is 22.7 Å². The smallest absolute Gasteiger partial charge is 0.261 e. The van der Waals surface area contributed by atoms with Crippen molar-refractivity contribution in [3.8, 4) is 22.9 Å². The predicted octanol–water partition coefficient (Wildman–Crippen LogP) is 23.0. The Bertz CT molecular complexity index is 2080. The Morgan fingerprint density at radius 3 is 0.838 bits per heavy atom. The van der Waals surface area contributed by atoms with Crippen LogP contribution in [0.5, 0.6) is 0 Å². The van der Waals surface area contributed by atoms with Crippen LogP contribution in [-0.2, 0) is 9.59 Å². The number of rotatable bonds is 46. The molecule has 80 heavy (non-hydrogen) atoms. The number of amides is 2. The first kappa shape index (κ1) is 69.9. The minimum atomic E-state index is -1.64. The highest BCUT2D eigenvalue weighted by Crippen LogP contribution is 2.50. The lowest BCUT2D eigenvalue weighted by molar-refractivity contribution is -0.124. The number of nitrogens with zero attached hydrogens (tertiary/aromatic N) is 2. The molecule has 2 atom stereocenters. The fraction of sp³-hybridized carbons (Fsp3) is 0.750. The molecule has 2 aromatic heterocycles. The summed E-state index contributed by atoms with van der Waals surface area (Å²) < 4.78 is 0. The van der Waals surface area contributed by atoms with Gasteiger partial charge in [-0.3, -0.25) is 9.59 Å². The minimum Gasteiger partial charge on any atom is -0.306 e. The van der Waals surface area contributed by atoms with Crippen LogP contribution in [-0.4, -0.2) is 50.9 Å². The molecular formula is C72H120N2O2S2Si2. The van der Waals surface area contributed by atoms with Crippen molar-refractivity contribution >= 4 is 62.0 Å². The molecule has 2 amide bonds. The van der Waals surface area contributed by atoms with E-state index in [1.807, 2.05) is 0 Å². The maximum absolute atomic E-state index is 16.0. The zero-order valence-electron chi connectivity index (χ0n) is 53.7. The van der Waals surface area contributed by atoms with E-state index in [2.05, 4.69) is 124 Å². The van der Waals surface area contributed by atoms with Crippen LogP contribution in [0.2, 0.25) is 39.3 Å². The highest BCUT2D eigenvalue weighted by molar-refractivity contribution is 7.14. The summed E-state index contributed by atoms with van der Waals surface area (Å²) in [4.78, 5) is 40.2. The molecule has 2 aliphatic rings. The number of carbonyl (C=O) groups excluding carboxylic acids is 2. The summed E-state index contributed by atoms with van der Waals surface area (Å²) in [5.41, 5.74) is 10.2. The van der Waals surface area contributed by atoms with Gasteiger partial charge in [-0.05, 0) is 61.8 Å². The molecule has 450 valence electrons. The van der Waals surface area contributed by atoms with Gasteiger partial charge in [0.1, 0.15) is 16.1 Å². The summed E-state index contributed by atoms with van der Waals surface area (Å²) in [6, 6.07) is 8.67. The van der Waals surface area contributed by atoms with Gasteiger partial charge in [0, 0.05) is 13.1 Å². The third kappa shape index (κ3) is 27.4. The molecule has 0 fully saturated rings. The van der Waals surface area contributed by atoms with E-state index in [4.69, 9.17) is 0 Å². The molecule has 0 saturated heterocycles. The molecule has 0 N–H and O–H groups in total. The number of unbranched alkanes of at least 4 members (excludes halogenated alkanes) is 32. The Labute approximate surface area is 504 Å². The fourth-order valence-electron chi connectivity index (χ4n) is 12.0. The first-order valence-electron chi connectivity index (χ1n) is 34.1. The summed E-state index contributed by atoms with van der Waals surface area (Å²) in [5.74, 6) is 7.93. The van der Waals surface area contributed by atoms with Crippen molar-refractivity contribution in [3.63, 3.8) is 0 Å². The highest BCUT2D eigenvalue weighted by Gasteiger charge is 2.50. The van der Waals surface area contributed by atoms with Gasteiger partial charge >= 0.3 is 0 Å². The van der Waals surface area contributed by atoms with Crippen molar-refractivity contribution in [1.29, 1.82) is 0 Å². The quantitative estimate of drug-likeness (QED) is 0.0377. The Hall–Kier alpha value is -2.63. The summed E-state index contributed by atoms with van der Waals surface area (Å²) in [7, 11) is -3.28. The SMILES string of the molecule is CCCCCCCCCCCCC(CCCCCCCCCC)CN1C(=O)C2=C(c3ccc(C#C[Si](C)(C)C)s3)N(CC(CCCCCCCCCC)CCCCCCCCCCCC)C(=O)C2=C1c1ccc(C#C[Si](C)(C)C)s1. The van der Waals surface area contributed by atoms with Gasteiger partial charge in [-0.15, -0.1) is 33.8 Å². The minimum absolute atomic E-state index is 0.0328. The van der Waals surface area contributed by atoms with Crippen molar-refractivity contribution in [2.75, 3.05) is 13.1 Å². The fourth-order valence-corrected chi connectivity index (χ4v) is 15.0. The van der Waals surface area contributed by atoms with Crippen molar-refractivity contribution in [2.24, 2.45) is 11.8 Å². The molecule has 2 aliphatic heterocycles. The maximum atomic E-state index is 16.0. The lowest BCUT2D eigenvalue weighted by Crippen LogP contribution is -2.34. The van der Waals surface area contributed by atoms with Gasteiger partial charge in [0.05, 0.1) is 42.0 Å². The summed E-state index contributed by atoms with van der Waals surface area (Å²) in [5, 5.41) is 0. The largest absolute Gasteiger partial charge is 0.306 e. The average molecular weight is 1170 g/mol. The third-order valence-corrected chi connectivity index (χ3v) is 20.5. The average Bonchev–Trinajstić information content (AvgIpc) is 4.31. The summed E-state index contributed by atoms with van der Waals surface area (Å²) in [6.45, 7) is 24.3. The predicted molar refractivity (Wildman–Crippen MR) is 361 cm³/mol. The molecule has 0 aliphatic carbocycles. The summed E-state index contributed by atoms with van der Waals surface area (Å²) in [6.07, 6.45) is 51.9. The third-order valence-electron chi connectivity index (χ3n) is 16.7. The second-order valence-corrected chi connectivity index (χ2v) is 38.5. The molecule has 4 nitrogen and oxygen atoms in total. The van der Waals surface area contributed by atoms with Crippen LogP contribution in [0.15, 0.2) is 35.4 Å². The standard InChI is InChI=1S/C72H120N2O2S2Si2/c1-11-15-19-23-27-31-33-37-41-45-49-61(47-43-39-35-29-25-21-17-13-3)59-73-69(65-53-51-63(77-65)55-57-79(5,6)7)67-68(71(73)75)70(66-54-52-64(78-66)56-58-80(8,9)10)74(72(67)76)60-62(48-44-40-36-30-26-22-18-14-4)50-46-42-38-34-32-28-24-20-16-12-2/h51-54,61-62H,11-50,59-60H2,1-10H3. The molecule has 0 radical (unpaired) electrons. The van der Waals surface area contributed by atoms with Crippen LogP contribution in [0.1, 0.15) is 304 Å². The van der Waals surface area contributed by atoms with E-state index in [0.717, 1.165) is 56.6 Å². The van der Waals surface area contributed by atoms with Crippen molar-refractivity contribution < 1.29 is 9.59 Å². The molecule has 0 bridgehead atoms. The van der Waals surface area contributed by atoms with Crippen molar-refractivity contribution in [3.05, 3.63) is 54.9 Å². The van der Waals surface area contributed by atoms with Crippen LogP contribution >= 0.6 is 22.7 Å². The normalized spacial score (nSPS) is 14.6. The van der Waals surface area contributed by atoms with Gasteiger partial charge in [0.15, 0.2) is 0 Å². The Kier molecular flexibility index (Phi) is 35.5. The first-order chi connectivity index (χ1) is 38.7. The van der Waals surface area contributed by atoms with E-state index in [9.17, 15) is 0 Å². The Morgan fingerprint density at radius 2 is 0.600 bits per heavy atom. The highest BCUT2D eigenvalue weighted by atomic mass is 32.1. The van der Waals surface area contributed by atoms with Gasteiger partial charge in [-0.25, -0.2) is 0 Å². The van der Waals surface area contributed by atoms with Crippen molar-refractivity contribution in [1.82, 2.24) is 9.80 Å². The number of hydrogen-bond acceptors (Lipinski definition) is 4. The number of fused-ring (bicyclic) bond motifs is 1. The van der Waals surface area contributed by atoms with Crippen LogP contribution in [0, 0.1) is 34.8 Å². The second-order valence-electron chi connectivity index (χ2n) is 26.8. The molecule has 4 rings (SSSR count). The number of thiophene rings is 2.